The smallest absolute Gasteiger partial charge is 0.285 e. The van der Waals surface area contributed by atoms with Crippen LogP contribution in [0.1, 0.15) is 35.8 Å². The number of aryl methyl sites for hydroxylation is 1. The molecule has 3 aromatic rings. The molecule has 1 aromatic heterocycles. The number of rotatable bonds is 4. The number of halogens is 1. The Hall–Kier alpha value is -3.53. The van der Waals surface area contributed by atoms with Crippen molar-refractivity contribution in [1.29, 1.82) is 0 Å². The van der Waals surface area contributed by atoms with Gasteiger partial charge in [0.2, 0.25) is 5.91 Å². The van der Waals surface area contributed by atoms with Crippen LogP contribution in [-0.4, -0.2) is 47.7 Å². The van der Waals surface area contributed by atoms with E-state index in [2.05, 4.69) is 14.7 Å². The van der Waals surface area contributed by atoms with Crippen LogP contribution < -0.4 is 5.32 Å². The van der Waals surface area contributed by atoms with E-state index in [0.717, 1.165) is 0 Å². The van der Waals surface area contributed by atoms with E-state index in [4.69, 9.17) is 0 Å². The molecule has 2 aliphatic rings. The number of amides is 1. The van der Waals surface area contributed by atoms with Gasteiger partial charge in [-0.1, -0.05) is 24.3 Å². The number of likely N-dealkylation sites (tertiary alicyclic amines) is 1. The maximum Gasteiger partial charge on any atom is 0.285 e. The Kier molecular flexibility index (Phi) is 5.68. The molecule has 1 amide bonds. The molecule has 10 heteroatoms. The normalized spacial score (nSPS) is 18.3. The van der Waals surface area contributed by atoms with Crippen molar-refractivity contribution in [1.82, 2.24) is 19.8 Å². The van der Waals surface area contributed by atoms with Crippen molar-refractivity contribution in [2.75, 3.05) is 13.1 Å². The summed E-state index contributed by atoms with van der Waals surface area (Å²) in [5.74, 6) is 0.269. The van der Waals surface area contributed by atoms with Crippen LogP contribution in [-0.2, 0) is 21.9 Å². The molecule has 176 valence electrons. The first-order valence-corrected chi connectivity index (χ1v) is 12.5. The van der Waals surface area contributed by atoms with Crippen LogP contribution >= 0.6 is 0 Å². The number of hydrogen-bond donors (Lipinski definition) is 1. The lowest BCUT2D eigenvalue weighted by Crippen LogP contribution is -2.44. The Bertz CT molecular complexity index is 1380. The summed E-state index contributed by atoms with van der Waals surface area (Å²) in [6.07, 6.45) is 4.51. The first kappa shape index (κ1) is 22.3. The molecule has 0 saturated carbocycles. The number of benzene rings is 2. The summed E-state index contributed by atoms with van der Waals surface area (Å²) in [6, 6.07) is 12.3. The van der Waals surface area contributed by atoms with Gasteiger partial charge in [-0.2, -0.15) is 8.42 Å². The number of nitrogens with zero attached hydrogens (tertiary/aromatic N) is 4. The summed E-state index contributed by atoms with van der Waals surface area (Å²) >= 11 is 0. The van der Waals surface area contributed by atoms with E-state index >= 15 is 0 Å². The SMILES string of the molecule is Cn1ccnc1[C@H](NC(=O)C1CCN(C2=NS(=O)(=O)c3ccccc32)CC1)c1cccc(F)c1. The Labute approximate surface area is 197 Å². The quantitative estimate of drug-likeness (QED) is 0.618. The number of hydrogen-bond acceptors (Lipinski definition) is 5. The molecule has 0 bridgehead atoms. The first-order chi connectivity index (χ1) is 16.3. The van der Waals surface area contributed by atoms with Crippen LogP contribution in [0.25, 0.3) is 0 Å². The zero-order valence-corrected chi connectivity index (χ0v) is 19.4. The summed E-state index contributed by atoms with van der Waals surface area (Å²) in [4.78, 5) is 19.7. The van der Waals surface area contributed by atoms with Crippen molar-refractivity contribution in [2.45, 2.75) is 23.8 Å². The Balaban J connectivity index is 1.31. The van der Waals surface area contributed by atoms with E-state index in [-0.39, 0.29) is 22.5 Å². The van der Waals surface area contributed by atoms with Crippen LogP contribution in [0.15, 0.2) is 70.2 Å². The van der Waals surface area contributed by atoms with Gasteiger partial charge >= 0.3 is 0 Å². The molecule has 34 heavy (non-hydrogen) atoms. The molecule has 5 rings (SSSR count). The topological polar surface area (TPSA) is 96.7 Å². The molecular formula is C24H24FN5O3S. The van der Waals surface area contributed by atoms with Gasteiger partial charge in [0.15, 0.2) is 5.84 Å². The minimum Gasteiger partial charge on any atom is -0.355 e. The highest BCUT2D eigenvalue weighted by Crippen LogP contribution is 2.30. The second-order valence-electron chi connectivity index (χ2n) is 8.54. The minimum atomic E-state index is -3.69. The number of fused-ring (bicyclic) bond motifs is 1. The van der Waals surface area contributed by atoms with Gasteiger partial charge in [-0.25, -0.2) is 9.37 Å². The Morgan fingerprint density at radius 3 is 2.62 bits per heavy atom. The van der Waals surface area contributed by atoms with Crippen molar-refractivity contribution in [3.05, 3.63) is 83.7 Å². The maximum absolute atomic E-state index is 13.9. The summed E-state index contributed by atoms with van der Waals surface area (Å²) in [5, 5.41) is 3.05. The van der Waals surface area contributed by atoms with Crippen molar-refractivity contribution >= 4 is 21.8 Å². The molecule has 1 saturated heterocycles. The average molecular weight is 482 g/mol. The second kappa shape index (κ2) is 8.68. The molecule has 0 aliphatic carbocycles. The monoisotopic (exact) mass is 481 g/mol. The number of carbonyl (C=O) groups is 1. The summed E-state index contributed by atoms with van der Waals surface area (Å²) in [7, 11) is -1.86. The van der Waals surface area contributed by atoms with E-state index in [1.807, 2.05) is 11.9 Å². The molecule has 1 atom stereocenters. The van der Waals surface area contributed by atoms with Crippen molar-refractivity contribution in [3.63, 3.8) is 0 Å². The summed E-state index contributed by atoms with van der Waals surface area (Å²) < 4.78 is 44.5. The fourth-order valence-electron chi connectivity index (χ4n) is 4.57. The van der Waals surface area contributed by atoms with Crippen LogP contribution in [0.4, 0.5) is 4.39 Å². The molecule has 0 unspecified atom stereocenters. The molecular weight excluding hydrogens is 457 g/mol. The third-order valence-corrected chi connectivity index (χ3v) is 7.69. The second-order valence-corrected chi connectivity index (χ2v) is 10.1. The molecule has 2 aliphatic heterocycles. The predicted octanol–water partition coefficient (Wildman–Crippen LogP) is 2.63. The molecule has 3 heterocycles. The fraction of sp³-hybridized carbons (Fsp3) is 0.292. The van der Waals surface area contributed by atoms with Gasteiger partial charge in [0, 0.05) is 44.0 Å². The summed E-state index contributed by atoms with van der Waals surface area (Å²) in [6.45, 7) is 1.02. The highest BCUT2D eigenvalue weighted by Gasteiger charge is 2.35. The van der Waals surface area contributed by atoms with Crippen molar-refractivity contribution in [3.8, 4) is 0 Å². The zero-order valence-electron chi connectivity index (χ0n) is 18.6. The first-order valence-electron chi connectivity index (χ1n) is 11.1. The molecule has 2 aromatic carbocycles. The highest BCUT2D eigenvalue weighted by molar-refractivity contribution is 7.90. The average Bonchev–Trinajstić information content (AvgIpc) is 3.38. The molecule has 0 spiro atoms. The van der Waals surface area contributed by atoms with E-state index in [0.29, 0.717) is 48.7 Å². The van der Waals surface area contributed by atoms with Crippen molar-refractivity contribution < 1.29 is 17.6 Å². The van der Waals surface area contributed by atoms with Gasteiger partial charge in [0.25, 0.3) is 10.0 Å². The number of imidazole rings is 1. The van der Waals surface area contributed by atoms with Gasteiger partial charge in [0.1, 0.15) is 22.6 Å². The predicted molar refractivity (Wildman–Crippen MR) is 124 cm³/mol. The number of piperidine rings is 1. The lowest BCUT2D eigenvalue weighted by Gasteiger charge is -2.33. The third-order valence-electron chi connectivity index (χ3n) is 6.36. The molecule has 1 fully saturated rings. The van der Waals surface area contributed by atoms with E-state index in [1.54, 1.807) is 53.4 Å². The number of amidine groups is 1. The number of sulfonamides is 1. The lowest BCUT2D eigenvalue weighted by molar-refractivity contribution is -0.126. The van der Waals surface area contributed by atoms with E-state index < -0.39 is 16.1 Å². The molecule has 8 nitrogen and oxygen atoms in total. The van der Waals surface area contributed by atoms with Crippen LogP contribution in [0.5, 0.6) is 0 Å². The minimum absolute atomic E-state index is 0.140. The third kappa shape index (κ3) is 4.09. The largest absolute Gasteiger partial charge is 0.355 e. The van der Waals surface area contributed by atoms with Crippen LogP contribution in [0.2, 0.25) is 0 Å². The standard InChI is InChI=1S/C24H24FN5O3S/c1-29-14-11-26-23(29)21(17-5-4-6-18(25)15-17)27-24(31)16-9-12-30(13-10-16)22-19-7-2-3-8-20(19)34(32,33)28-22/h2-8,11,14-16,21H,9-10,12-13H2,1H3,(H,27,31)/t21-/m1/s1. The van der Waals surface area contributed by atoms with Crippen molar-refractivity contribution in [2.24, 2.45) is 17.4 Å². The Morgan fingerprint density at radius 1 is 1.15 bits per heavy atom. The zero-order chi connectivity index (χ0) is 23.9. The van der Waals surface area contributed by atoms with Gasteiger partial charge in [0.05, 0.1) is 0 Å². The van der Waals surface area contributed by atoms with E-state index in [1.165, 1.54) is 12.1 Å². The molecule has 1 N–H and O–H groups in total. The van der Waals surface area contributed by atoms with Gasteiger partial charge < -0.3 is 14.8 Å². The summed E-state index contributed by atoms with van der Waals surface area (Å²) in [5.41, 5.74) is 1.22. The van der Waals surface area contributed by atoms with Gasteiger partial charge in [-0.05, 0) is 42.7 Å². The van der Waals surface area contributed by atoms with Crippen LogP contribution in [0, 0.1) is 11.7 Å². The van der Waals surface area contributed by atoms with Gasteiger partial charge in [-0.15, -0.1) is 4.40 Å². The highest BCUT2D eigenvalue weighted by atomic mass is 32.2. The van der Waals surface area contributed by atoms with Crippen LogP contribution in [0.3, 0.4) is 0 Å². The lowest BCUT2D eigenvalue weighted by atomic mass is 9.94. The number of carbonyl (C=O) groups excluding carboxylic acids is 1. The number of aromatic nitrogens is 2. The fourth-order valence-corrected chi connectivity index (χ4v) is 5.80. The van der Waals surface area contributed by atoms with E-state index in [9.17, 15) is 17.6 Å². The van der Waals surface area contributed by atoms with Gasteiger partial charge in [-0.3, -0.25) is 4.79 Å². The Morgan fingerprint density at radius 2 is 1.91 bits per heavy atom. The molecule has 0 radical (unpaired) electrons. The number of nitrogens with one attached hydrogen (secondary N) is 1. The maximum atomic E-state index is 13.9.